The van der Waals surface area contributed by atoms with E-state index in [9.17, 15) is 0 Å². The highest BCUT2D eigenvalue weighted by Crippen LogP contribution is 2.28. The van der Waals surface area contributed by atoms with E-state index in [1.54, 1.807) is 23.1 Å². The maximum absolute atomic E-state index is 5.72. The molecule has 3 rings (SSSR count). The van der Waals surface area contributed by atoms with Crippen LogP contribution in [0.4, 0.5) is 0 Å². The summed E-state index contributed by atoms with van der Waals surface area (Å²) in [6, 6.07) is 0. The van der Waals surface area contributed by atoms with Crippen molar-refractivity contribution in [3.8, 4) is 11.6 Å². The second-order valence-corrected chi connectivity index (χ2v) is 6.52. The van der Waals surface area contributed by atoms with Gasteiger partial charge in [0, 0.05) is 17.3 Å². The smallest absolute Gasteiger partial charge is 0.276 e. The van der Waals surface area contributed by atoms with Crippen LogP contribution in [0, 0.1) is 12.8 Å². The lowest BCUT2D eigenvalue weighted by Gasteiger charge is -1.98. The van der Waals surface area contributed by atoms with Gasteiger partial charge in [0.1, 0.15) is 5.69 Å². The van der Waals surface area contributed by atoms with E-state index in [0.29, 0.717) is 17.0 Å². The van der Waals surface area contributed by atoms with E-state index in [1.807, 2.05) is 22.9 Å². The molecule has 3 heterocycles. The van der Waals surface area contributed by atoms with Gasteiger partial charge in [-0.25, -0.2) is 4.98 Å². The minimum atomic E-state index is 0.537. The van der Waals surface area contributed by atoms with E-state index in [4.69, 9.17) is 4.42 Å². The highest BCUT2D eigenvalue weighted by Gasteiger charge is 2.18. The Morgan fingerprint density at radius 1 is 1.42 bits per heavy atom. The fourth-order valence-electron chi connectivity index (χ4n) is 1.75. The Labute approximate surface area is 119 Å². The number of fused-ring (bicyclic) bond motifs is 1. The number of aromatic nitrogens is 4. The molecule has 0 N–H and O–H groups in total. The van der Waals surface area contributed by atoms with Gasteiger partial charge in [-0.3, -0.25) is 4.40 Å². The van der Waals surface area contributed by atoms with Crippen LogP contribution in [0.2, 0.25) is 0 Å². The van der Waals surface area contributed by atoms with Crippen molar-refractivity contribution in [1.29, 1.82) is 0 Å². The standard InChI is InChI=1S/C12H14N4OS2/c1-7(2)6-19-12-15-14-10(17-12)9-8(3)13-11-16(9)4-5-18-11/h4-5,7H,6H2,1-3H3. The second kappa shape index (κ2) is 4.97. The highest BCUT2D eigenvalue weighted by atomic mass is 32.2. The van der Waals surface area contributed by atoms with Crippen molar-refractivity contribution in [3.63, 3.8) is 0 Å². The number of hydrogen-bond acceptors (Lipinski definition) is 6. The number of thiazole rings is 1. The van der Waals surface area contributed by atoms with Gasteiger partial charge in [-0.15, -0.1) is 21.5 Å². The zero-order chi connectivity index (χ0) is 13.4. The van der Waals surface area contributed by atoms with Crippen LogP contribution in [0.3, 0.4) is 0 Å². The molecule has 0 aliphatic carbocycles. The molecule has 0 saturated carbocycles. The predicted octanol–water partition coefficient (Wildman–Crippen LogP) is 3.50. The van der Waals surface area contributed by atoms with Crippen molar-refractivity contribution in [2.45, 2.75) is 26.0 Å². The van der Waals surface area contributed by atoms with Gasteiger partial charge in [-0.05, 0) is 12.8 Å². The van der Waals surface area contributed by atoms with Gasteiger partial charge >= 0.3 is 0 Å². The van der Waals surface area contributed by atoms with Crippen LogP contribution in [-0.2, 0) is 0 Å². The molecule has 0 saturated heterocycles. The van der Waals surface area contributed by atoms with Crippen molar-refractivity contribution in [3.05, 3.63) is 17.3 Å². The summed E-state index contributed by atoms with van der Waals surface area (Å²) in [5, 5.41) is 10.8. The van der Waals surface area contributed by atoms with Crippen LogP contribution in [0.25, 0.3) is 16.5 Å². The average Bonchev–Trinajstić information content (AvgIpc) is 3.01. The number of hydrogen-bond donors (Lipinski definition) is 0. The monoisotopic (exact) mass is 294 g/mol. The van der Waals surface area contributed by atoms with E-state index >= 15 is 0 Å². The molecule has 0 unspecified atom stereocenters. The van der Waals surface area contributed by atoms with E-state index in [-0.39, 0.29) is 0 Å². The first-order chi connectivity index (χ1) is 9.15. The van der Waals surface area contributed by atoms with Crippen LogP contribution in [-0.4, -0.2) is 25.3 Å². The predicted molar refractivity (Wildman–Crippen MR) is 76.7 cm³/mol. The van der Waals surface area contributed by atoms with Gasteiger partial charge in [0.15, 0.2) is 4.96 Å². The molecule has 7 heteroatoms. The van der Waals surface area contributed by atoms with E-state index in [0.717, 1.165) is 22.1 Å². The van der Waals surface area contributed by atoms with Gasteiger partial charge in [-0.1, -0.05) is 25.6 Å². The molecule has 0 aliphatic rings. The molecule has 0 atom stereocenters. The largest absolute Gasteiger partial charge is 0.410 e. The minimum Gasteiger partial charge on any atom is -0.410 e. The molecule has 0 bridgehead atoms. The highest BCUT2D eigenvalue weighted by molar-refractivity contribution is 7.99. The summed E-state index contributed by atoms with van der Waals surface area (Å²) in [7, 11) is 0. The zero-order valence-electron chi connectivity index (χ0n) is 11.0. The maximum atomic E-state index is 5.72. The second-order valence-electron chi connectivity index (χ2n) is 4.68. The third kappa shape index (κ3) is 2.40. The van der Waals surface area contributed by atoms with Crippen LogP contribution in [0.5, 0.6) is 0 Å². The van der Waals surface area contributed by atoms with Crippen LogP contribution >= 0.6 is 23.1 Å². The fourth-order valence-corrected chi connectivity index (χ4v) is 3.23. The summed E-state index contributed by atoms with van der Waals surface area (Å²) in [5.41, 5.74) is 1.80. The topological polar surface area (TPSA) is 56.2 Å². The van der Waals surface area contributed by atoms with Crippen LogP contribution in [0.1, 0.15) is 19.5 Å². The Morgan fingerprint density at radius 3 is 3.05 bits per heavy atom. The minimum absolute atomic E-state index is 0.537. The SMILES string of the molecule is Cc1nc2sccn2c1-c1nnc(SCC(C)C)o1. The molecule has 3 aromatic heterocycles. The first kappa shape index (κ1) is 12.7. The molecule has 0 spiro atoms. The van der Waals surface area contributed by atoms with Crippen molar-refractivity contribution < 1.29 is 4.42 Å². The lowest BCUT2D eigenvalue weighted by molar-refractivity contribution is 0.463. The summed E-state index contributed by atoms with van der Waals surface area (Å²) >= 11 is 3.19. The van der Waals surface area contributed by atoms with Gasteiger partial charge in [0.25, 0.3) is 11.1 Å². The van der Waals surface area contributed by atoms with Gasteiger partial charge < -0.3 is 4.42 Å². The van der Waals surface area contributed by atoms with Gasteiger partial charge in [0.2, 0.25) is 0 Å². The molecule has 0 aromatic carbocycles. The number of aryl methyl sites for hydroxylation is 1. The lowest BCUT2D eigenvalue weighted by Crippen LogP contribution is -1.89. The Morgan fingerprint density at radius 2 is 2.26 bits per heavy atom. The fraction of sp³-hybridized carbons (Fsp3) is 0.417. The number of rotatable bonds is 4. The average molecular weight is 294 g/mol. The molecule has 19 heavy (non-hydrogen) atoms. The summed E-state index contributed by atoms with van der Waals surface area (Å²) < 4.78 is 7.71. The van der Waals surface area contributed by atoms with Crippen molar-refractivity contribution in [2.24, 2.45) is 5.92 Å². The summed E-state index contributed by atoms with van der Waals surface area (Å²) in [6.45, 7) is 6.29. The Kier molecular flexibility index (Phi) is 3.32. The first-order valence-corrected chi connectivity index (χ1v) is 7.90. The first-order valence-electron chi connectivity index (χ1n) is 6.04. The van der Waals surface area contributed by atoms with E-state index < -0.39 is 0 Å². The summed E-state index contributed by atoms with van der Waals surface area (Å²) in [4.78, 5) is 5.43. The van der Waals surface area contributed by atoms with Gasteiger partial charge in [0.05, 0.1) is 5.69 Å². The Bertz CT molecular complexity index is 698. The molecule has 0 fully saturated rings. The zero-order valence-corrected chi connectivity index (χ0v) is 12.6. The molecule has 5 nitrogen and oxygen atoms in total. The van der Waals surface area contributed by atoms with Crippen molar-refractivity contribution in [1.82, 2.24) is 19.6 Å². The lowest BCUT2D eigenvalue weighted by atomic mass is 10.3. The normalized spacial score (nSPS) is 11.8. The summed E-state index contributed by atoms with van der Waals surface area (Å²) in [5.74, 6) is 2.11. The molecule has 0 radical (unpaired) electrons. The molecule has 0 amide bonds. The molecular formula is C12H14N4OS2. The number of imidazole rings is 1. The van der Waals surface area contributed by atoms with Crippen LogP contribution < -0.4 is 0 Å². The summed E-state index contributed by atoms with van der Waals surface area (Å²) in [6.07, 6.45) is 1.97. The Balaban J connectivity index is 1.93. The Hall–Kier alpha value is -1.34. The molecular weight excluding hydrogens is 280 g/mol. The van der Waals surface area contributed by atoms with Gasteiger partial charge in [-0.2, -0.15) is 0 Å². The quantitative estimate of drug-likeness (QED) is 0.689. The third-order valence-corrected chi connectivity index (χ3v) is 4.59. The number of thioether (sulfide) groups is 1. The molecule has 0 aliphatic heterocycles. The molecule has 100 valence electrons. The third-order valence-electron chi connectivity index (χ3n) is 2.59. The van der Waals surface area contributed by atoms with Crippen molar-refractivity contribution >= 4 is 28.1 Å². The van der Waals surface area contributed by atoms with Crippen LogP contribution in [0.15, 0.2) is 21.2 Å². The van der Waals surface area contributed by atoms with Crippen molar-refractivity contribution in [2.75, 3.05) is 5.75 Å². The number of nitrogens with zero attached hydrogens (tertiary/aromatic N) is 4. The maximum Gasteiger partial charge on any atom is 0.276 e. The van der Waals surface area contributed by atoms with E-state index in [1.165, 1.54) is 0 Å². The van der Waals surface area contributed by atoms with E-state index in [2.05, 4.69) is 29.0 Å². The molecule has 3 aromatic rings.